The normalized spacial score (nSPS) is 10.1. The SMILES string of the molecule is COc1ccc(OCC(=O)NNC(=O)COc2c(C)cc(Br)cc2C)cc1. The van der Waals surface area contributed by atoms with E-state index in [1.54, 1.807) is 31.4 Å². The quantitative estimate of drug-likeness (QED) is 0.651. The zero-order valence-electron chi connectivity index (χ0n) is 15.3. The van der Waals surface area contributed by atoms with E-state index in [-0.39, 0.29) is 13.2 Å². The van der Waals surface area contributed by atoms with Crippen LogP contribution in [-0.2, 0) is 9.59 Å². The molecule has 0 aliphatic heterocycles. The second kappa shape index (κ2) is 9.82. The first kappa shape index (κ1) is 20.6. The van der Waals surface area contributed by atoms with Gasteiger partial charge in [0.1, 0.15) is 17.2 Å². The zero-order chi connectivity index (χ0) is 19.8. The summed E-state index contributed by atoms with van der Waals surface area (Å²) in [5.74, 6) is 0.879. The molecule has 0 aromatic heterocycles. The average Bonchev–Trinajstić information content (AvgIpc) is 2.64. The number of methoxy groups -OCH3 is 1. The Labute approximate surface area is 166 Å². The lowest BCUT2D eigenvalue weighted by Gasteiger charge is -2.13. The maximum atomic E-state index is 11.8. The molecule has 2 aromatic carbocycles. The van der Waals surface area contributed by atoms with Gasteiger partial charge in [0.05, 0.1) is 7.11 Å². The first-order valence-electron chi connectivity index (χ1n) is 8.13. The van der Waals surface area contributed by atoms with Crippen LogP contribution in [0.5, 0.6) is 17.2 Å². The molecule has 2 amide bonds. The zero-order valence-corrected chi connectivity index (χ0v) is 16.9. The van der Waals surface area contributed by atoms with E-state index >= 15 is 0 Å². The first-order chi connectivity index (χ1) is 12.9. The third-order valence-corrected chi connectivity index (χ3v) is 4.00. The van der Waals surface area contributed by atoms with E-state index in [1.807, 2.05) is 26.0 Å². The monoisotopic (exact) mass is 436 g/mol. The number of halogens is 1. The highest BCUT2D eigenvalue weighted by Gasteiger charge is 2.10. The van der Waals surface area contributed by atoms with Gasteiger partial charge < -0.3 is 14.2 Å². The predicted molar refractivity (Wildman–Crippen MR) is 104 cm³/mol. The number of carbonyl (C=O) groups is 2. The Kier molecular flexibility index (Phi) is 7.48. The summed E-state index contributed by atoms with van der Waals surface area (Å²) in [5, 5.41) is 0. The summed E-state index contributed by atoms with van der Waals surface area (Å²) in [6.45, 7) is 3.33. The standard InChI is InChI=1S/C19H21BrN2O5/c1-12-8-14(20)9-13(2)19(12)27-11-18(24)22-21-17(23)10-26-16-6-4-15(25-3)5-7-16/h4-9H,10-11H2,1-3H3,(H,21,23)(H,22,24). The fourth-order valence-corrected chi connectivity index (χ4v) is 2.98. The van der Waals surface area contributed by atoms with Crippen molar-refractivity contribution in [2.75, 3.05) is 20.3 Å². The number of hydrogen-bond acceptors (Lipinski definition) is 5. The minimum Gasteiger partial charge on any atom is -0.497 e. The molecule has 0 fully saturated rings. The number of amides is 2. The molecule has 27 heavy (non-hydrogen) atoms. The topological polar surface area (TPSA) is 85.9 Å². The van der Waals surface area contributed by atoms with Crippen LogP contribution < -0.4 is 25.1 Å². The summed E-state index contributed by atoms with van der Waals surface area (Å²) in [7, 11) is 1.56. The van der Waals surface area contributed by atoms with Gasteiger partial charge >= 0.3 is 0 Å². The van der Waals surface area contributed by atoms with E-state index in [9.17, 15) is 9.59 Å². The number of benzene rings is 2. The number of ether oxygens (including phenoxy) is 3. The van der Waals surface area contributed by atoms with Crippen molar-refractivity contribution in [3.8, 4) is 17.2 Å². The number of aryl methyl sites for hydroxylation is 2. The summed E-state index contributed by atoms with van der Waals surface area (Å²) < 4.78 is 16.8. The summed E-state index contributed by atoms with van der Waals surface area (Å²) in [6.07, 6.45) is 0. The smallest absolute Gasteiger partial charge is 0.276 e. The minimum absolute atomic E-state index is 0.219. The van der Waals surface area contributed by atoms with Crippen molar-refractivity contribution in [2.45, 2.75) is 13.8 Å². The second-order valence-electron chi connectivity index (χ2n) is 5.72. The van der Waals surface area contributed by atoms with Crippen molar-refractivity contribution in [1.29, 1.82) is 0 Å². The first-order valence-corrected chi connectivity index (χ1v) is 8.92. The highest BCUT2D eigenvalue weighted by atomic mass is 79.9. The molecular formula is C19H21BrN2O5. The van der Waals surface area contributed by atoms with Gasteiger partial charge in [0.25, 0.3) is 11.8 Å². The molecule has 0 spiro atoms. The molecule has 0 bridgehead atoms. The molecule has 0 radical (unpaired) electrons. The molecule has 0 atom stereocenters. The number of rotatable bonds is 7. The number of hydrogen-bond donors (Lipinski definition) is 2. The number of nitrogens with one attached hydrogen (secondary N) is 2. The van der Waals surface area contributed by atoms with Crippen LogP contribution in [0.15, 0.2) is 40.9 Å². The minimum atomic E-state index is -0.491. The lowest BCUT2D eigenvalue weighted by Crippen LogP contribution is -2.45. The third-order valence-electron chi connectivity index (χ3n) is 3.54. The van der Waals surface area contributed by atoms with Crippen LogP contribution in [0.1, 0.15) is 11.1 Å². The van der Waals surface area contributed by atoms with Gasteiger partial charge in [-0.05, 0) is 61.4 Å². The van der Waals surface area contributed by atoms with E-state index in [0.717, 1.165) is 15.6 Å². The molecule has 2 aromatic rings. The van der Waals surface area contributed by atoms with Crippen LogP contribution in [0.4, 0.5) is 0 Å². The average molecular weight is 437 g/mol. The van der Waals surface area contributed by atoms with Crippen molar-refractivity contribution in [1.82, 2.24) is 10.9 Å². The molecule has 7 nitrogen and oxygen atoms in total. The molecule has 0 aliphatic carbocycles. The van der Waals surface area contributed by atoms with Crippen LogP contribution in [0.25, 0.3) is 0 Å². The molecule has 2 N–H and O–H groups in total. The highest BCUT2D eigenvalue weighted by molar-refractivity contribution is 9.10. The fraction of sp³-hybridized carbons (Fsp3) is 0.263. The largest absolute Gasteiger partial charge is 0.497 e. The van der Waals surface area contributed by atoms with Crippen molar-refractivity contribution in [3.05, 3.63) is 52.0 Å². The Bertz CT molecular complexity index is 785. The van der Waals surface area contributed by atoms with Gasteiger partial charge in [0.2, 0.25) is 0 Å². The molecule has 0 unspecified atom stereocenters. The van der Waals surface area contributed by atoms with Gasteiger partial charge in [-0.25, -0.2) is 0 Å². The predicted octanol–water partition coefficient (Wildman–Crippen LogP) is 2.68. The van der Waals surface area contributed by atoms with E-state index in [1.165, 1.54) is 0 Å². The van der Waals surface area contributed by atoms with Crippen LogP contribution in [0.3, 0.4) is 0 Å². The number of hydrazine groups is 1. The summed E-state index contributed by atoms with van der Waals surface area (Å²) in [4.78, 5) is 23.6. The highest BCUT2D eigenvalue weighted by Crippen LogP contribution is 2.27. The van der Waals surface area contributed by atoms with Crippen molar-refractivity contribution >= 4 is 27.7 Å². The maximum absolute atomic E-state index is 11.8. The molecule has 2 rings (SSSR count). The number of carbonyl (C=O) groups excluding carboxylic acids is 2. The van der Waals surface area contributed by atoms with Crippen LogP contribution in [0.2, 0.25) is 0 Å². The van der Waals surface area contributed by atoms with Crippen molar-refractivity contribution in [2.24, 2.45) is 0 Å². The van der Waals surface area contributed by atoms with Crippen molar-refractivity contribution < 1.29 is 23.8 Å². The summed E-state index contributed by atoms with van der Waals surface area (Å²) in [5.41, 5.74) is 6.38. The van der Waals surface area contributed by atoms with Gasteiger partial charge in [-0.15, -0.1) is 0 Å². The summed E-state index contributed by atoms with van der Waals surface area (Å²) >= 11 is 3.41. The van der Waals surface area contributed by atoms with Gasteiger partial charge in [-0.1, -0.05) is 15.9 Å². The Morgan fingerprint density at radius 3 is 1.89 bits per heavy atom. The lowest BCUT2D eigenvalue weighted by molar-refractivity contribution is -0.131. The van der Waals surface area contributed by atoms with E-state index in [2.05, 4.69) is 26.8 Å². The fourth-order valence-electron chi connectivity index (χ4n) is 2.30. The van der Waals surface area contributed by atoms with Gasteiger partial charge in [0.15, 0.2) is 13.2 Å². The molecule has 0 saturated carbocycles. The van der Waals surface area contributed by atoms with E-state index < -0.39 is 11.8 Å². The molecule has 8 heteroatoms. The van der Waals surface area contributed by atoms with E-state index in [0.29, 0.717) is 17.2 Å². The second-order valence-corrected chi connectivity index (χ2v) is 6.63. The molecule has 0 saturated heterocycles. The molecule has 144 valence electrons. The van der Waals surface area contributed by atoms with Gasteiger partial charge in [-0.2, -0.15) is 0 Å². The van der Waals surface area contributed by atoms with Gasteiger partial charge in [0, 0.05) is 4.47 Å². The molecule has 0 aliphatic rings. The van der Waals surface area contributed by atoms with Crippen molar-refractivity contribution in [3.63, 3.8) is 0 Å². The van der Waals surface area contributed by atoms with Crippen LogP contribution in [0, 0.1) is 13.8 Å². The molecule has 0 heterocycles. The summed E-state index contributed by atoms with van der Waals surface area (Å²) in [6, 6.07) is 10.6. The Morgan fingerprint density at radius 1 is 0.889 bits per heavy atom. The Balaban J connectivity index is 1.72. The third kappa shape index (κ3) is 6.49. The molecular weight excluding hydrogens is 416 g/mol. The Hall–Kier alpha value is -2.74. The van der Waals surface area contributed by atoms with Crippen LogP contribution in [-0.4, -0.2) is 32.1 Å². The lowest BCUT2D eigenvalue weighted by atomic mass is 10.1. The maximum Gasteiger partial charge on any atom is 0.276 e. The Morgan fingerprint density at radius 2 is 1.37 bits per heavy atom. The van der Waals surface area contributed by atoms with Crippen LogP contribution >= 0.6 is 15.9 Å². The van der Waals surface area contributed by atoms with E-state index in [4.69, 9.17) is 14.2 Å². The van der Waals surface area contributed by atoms with Gasteiger partial charge in [-0.3, -0.25) is 20.4 Å².